The van der Waals surface area contributed by atoms with Crippen molar-refractivity contribution in [2.45, 2.75) is 38.5 Å². The first-order valence-corrected chi connectivity index (χ1v) is 17.9. The fourth-order valence-electron chi connectivity index (χ4n) is 9.86. The molecule has 0 atom stereocenters. The average molecular weight is 637 g/mol. The standard InChI is InChI=1S/C50H36/c1-49(2)43-15-8-7-13-36(43)37-20-17-30(27-45(37)49)31-18-21-38-42-26-32(19-25-44(42)50(3,4)46(38)28-31)33-23-24-41-35-12-6-5-11-34(35)39-14-9-10-29-16-22-40(33)48(41)47(29)39/h5-28H,1-4H3. The van der Waals surface area contributed by atoms with Gasteiger partial charge in [-0.15, -0.1) is 0 Å². The van der Waals surface area contributed by atoms with Crippen LogP contribution in [0.5, 0.6) is 0 Å². The summed E-state index contributed by atoms with van der Waals surface area (Å²) in [4.78, 5) is 0. The first-order chi connectivity index (χ1) is 24.3. The summed E-state index contributed by atoms with van der Waals surface area (Å²) in [6.45, 7) is 9.52. The van der Waals surface area contributed by atoms with Crippen LogP contribution in [-0.2, 0) is 10.8 Å². The molecule has 0 unspecified atom stereocenters. The van der Waals surface area contributed by atoms with Crippen LogP contribution < -0.4 is 0 Å². The Labute approximate surface area is 293 Å². The molecule has 0 bridgehead atoms. The van der Waals surface area contributed by atoms with E-state index >= 15 is 0 Å². The van der Waals surface area contributed by atoms with Gasteiger partial charge in [0, 0.05) is 10.8 Å². The summed E-state index contributed by atoms with van der Waals surface area (Å²) in [7, 11) is 0. The molecule has 11 rings (SSSR count). The van der Waals surface area contributed by atoms with Crippen molar-refractivity contribution in [1.29, 1.82) is 0 Å². The van der Waals surface area contributed by atoms with Gasteiger partial charge in [0.15, 0.2) is 0 Å². The van der Waals surface area contributed by atoms with Gasteiger partial charge in [0.2, 0.25) is 0 Å². The predicted octanol–water partition coefficient (Wildman–Crippen LogP) is 13.7. The minimum absolute atomic E-state index is 0.0111. The van der Waals surface area contributed by atoms with Crippen LogP contribution in [0.3, 0.4) is 0 Å². The summed E-state index contributed by atoms with van der Waals surface area (Å²) in [5.74, 6) is 0. The summed E-state index contributed by atoms with van der Waals surface area (Å²) in [5.41, 5.74) is 16.2. The van der Waals surface area contributed by atoms with Crippen molar-refractivity contribution in [3.05, 3.63) is 168 Å². The van der Waals surface area contributed by atoms with Crippen molar-refractivity contribution in [3.63, 3.8) is 0 Å². The number of hydrogen-bond acceptors (Lipinski definition) is 0. The minimum atomic E-state index is -0.0903. The van der Waals surface area contributed by atoms with Crippen LogP contribution in [0.1, 0.15) is 49.9 Å². The highest BCUT2D eigenvalue weighted by atomic mass is 14.4. The van der Waals surface area contributed by atoms with Crippen molar-refractivity contribution in [2.75, 3.05) is 0 Å². The fourth-order valence-corrected chi connectivity index (χ4v) is 9.86. The molecule has 0 saturated heterocycles. The maximum Gasteiger partial charge on any atom is 0.0159 e. The van der Waals surface area contributed by atoms with Gasteiger partial charge in [-0.25, -0.2) is 0 Å². The molecule has 0 aliphatic heterocycles. The second-order valence-corrected chi connectivity index (χ2v) is 15.7. The molecule has 0 fully saturated rings. The molecule has 0 heterocycles. The molecule has 9 aromatic rings. The number of fused-ring (bicyclic) bond motifs is 9. The SMILES string of the molecule is CC1(C)c2ccccc2-c2ccc(-c3ccc4c(c3)C(C)(C)c3ccc(-c5ccc6c7ccccc7c7cccc8ccc5c6c87)cc3-4)cc21. The number of benzene rings is 9. The largest absolute Gasteiger partial charge is 0.0619 e. The van der Waals surface area contributed by atoms with Gasteiger partial charge in [-0.05, 0) is 128 Å². The summed E-state index contributed by atoms with van der Waals surface area (Å²) in [6, 6.07) is 55.4. The zero-order valence-electron chi connectivity index (χ0n) is 28.9. The molecule has 9 aromatic carbocycles. The van der Waals surface area contributed by atoms with Crippen LogP contribution in [0.4, 0.5) is 0 Å². The van der Waals surface area contributed by atoms with E-state index in [-0.39, 0.29) is 10.8 Å². The molecular weight excluding hydrogens is 601 g/mol. The van der Waals surface area contributed by atoms with Gasteiger partial charge in [0.05, 0.1) is 0 Å². The summed E-state index contributed by atoms with van der Waals surface area (Å²) in [5, 5.41) is 10.7. The lowest BCUT2D eigenvalue weighted by Gasteiger charge is -2.23. The van der Waals surface area contributed by atoms with E-state index in [2.05, 4.69) is 173 Å². The lowest BCUT2D eigenvalue weighted by Crippen LogP contribution is -2.15. The second kappa shape index (κ2) is 9.49. The van der Waals surface area contributed by atoms with E-state index in [4.69, 9.17) is 0 Å². The van der Waals surface area contributed by atoms with Gasteiger partial charge in [-0.2, -0.15) is 0 Å². The lowest BCUT2D eigenvalue weighted by molar-refractivity contribution is 0.659. The van der Waals surface area contributed by atoms with Crippen LogP contribution in [-0.4, -0.2) is 0 Å². The third-order valence-electron chi connectivity index (χ3n) is 12.4. The molecule has 0 heteroatoms. The average Bonchev–Trinajstić information content (AvgIpc) is 3.52. The number of rotatable bonds is 2. The molecule has 0 aromatic heterocycles. The molecule has 0 amide bonds. The van der Waals surface area contributed by atoms with E-state index in [1.807, 2.05) is 0 Å². The predicted molar refractivity (Wildman–Crippen MR) is 214 cm³/mol. The Morgan fingerprint density at radius 1 is 0.300 bits per heavy atom. The zero-order chi connectivity index (χ0) is 33.5. The van der Waals surface area contributed by atoms with E-state index in [9.17, 15) is 0 Å². The molecule has 236 valence electrons. The molecule has 2 aliphatic carbocycles. The van der Waals surface area contributed by atoms with Gasteiger partial charge in [0.25, 0.3) is 0 Å². The van der Waals surface area contributed by atoms with Crippen molar-refractivity contribution in [3.8, 4) is 44.5 Å². The van der Waals surface area contributed by atoms with Gasteiger partial charge < -0.3 is 0 Å². The summed E-state index contributed by atoms with van der Waals surface area (Å²) in [6.07, 6.45) is 0. The normalized spacial score (nSPS) is 15.1. The van der Waals surface area contributed by atoms with E-state index in [1.165, 1.54) is 110 Å². The van der Waals surface area contributed by atoms with Crippen LogP contribution >= 0.6 is 0 Å². The van der Waals surface area contributed by atoms with E-state index in [1.54, 1.807) is 0 Å². The maximum absolute atomic E-state index is 2.47. The fraction of sp³-hybridized carbons (Fsp3) is 0.120. The smallest absolute Gasteiger partial charge is 0.0159 e. The van der Waals surface area contributed by atoms with E-state index in [0.29, 0.717) is 0 Å². The van der Waals surface area contributed by atoms with Crippen LogP contribution in [0.25, 0.3) is 87.6 Å². The van der Waals surface area contributed by atoms with Crippen LogP contribution in [0.2, 0.25) is 0 Å². The lowest BCUT2D eigenvalue weighted by atomic mass is 9.80. The maximum atomic E-state index is 2.47. The molecule has 0 N–H and O–H groups in total. The first-order valence-electron chi connectivity index (χ1n) is 17.9. The molecule has 0 spiro atoms. The Balaban J connectivity index is 1.06. The third kappa shape index (κ3) is 3.51. The Bertz CT molecular complexity index is 2910. The third-order valence-corrected chi connectivity index (χ3v) is 12.4. The highest BCUT2D eigenvalue weighted by Crippen LogP contribution is 2.53. The molecule has 0 radical (unpaired) electrons. The second-order valence-electron chi connectivity index (χ2n) is 15.7. The topological polar surface area (TPSA) is 0 Å². The highest BCUT2D eigenvalue weighted by Gasteiger charge is 2.37. The van der Waals surface area contributed by atoms with Crippen molar-refractivity contribution < 1.29 is 0 Å². The first kappa shape index (κ1) is 28.2. The Hall–Kier alpha value is -5.72. The Morgan fingerprint density at radius 2 is 0.840 bits per heavy atom. The Kier molecular flexibility index (Phi) is 5.34. The van der Waals surface area contributed by atoms with Gasteiger partial charge in [-0.3, -0.25) is 0 Å². The summed E-state index contributed by atoms with van der Waals surface area (Å²) < 4.78 is 0. The summed E-state index contributed by atoms with van der Waals surface area (Å²) >= 11 is 0. The van der Waals surface area contributed by atoms with Crippen LogP contribution in [0, 0.1) is 0 Å². The Morgan fingerprint density at radius 3 is 1.58 bits per heavy atom. The number of hydrogen-bond donors (Lipinski definition) is 0. The van der Waals surface area contributed by atoms with Crippen molar-refractivity contribution in [2.24, 2.45) is 0 Å². The molecule has 0 saturated carbocycles. The van der Waals surface area contributed by atoms with E-state index < -0.39 is 0 Å². The molecule has 0 nitrogen and oxygen atoms in total. The van der Waals surface area contributed by atoms with Crippen molar-refractivity contribution >= 4 is 43.1 Å². The van der Waals surface area contributed by atoms with Crippen molar-refractivity contribution in [1.82, 2.24) is 0 Å². The highest BCUT2D eigenvalue weighted by molar-refractivity contribution is 6.35. The van der Waals surface area contributed by atoms with Crippen LogP contribution in [0.15, 0.2) is 146 Å². The van der Waals surface area contributed by atoms with Gasteiger partial charge >= 0.3 is 0 Å². The quantitative estimate of drug-likeness (QED) is 0.131. The van der Waals surface area contributed by atoms with E-state index in [0.717, 1.165) is 0 Å². The molecule has 50 heavy (non-hydrogen) atoms. The van der Waals surface area contributed by atoms with Gasteiger partial charge in [0.1, 0.15) is 0 Å². The zero-order valence-corrected chi connectivity index (χ0v) is 28.9. The molecule has 2 aliphatic rings. The molecular formula is C50H36. The monoisotopic (exact) mass is 636 g/mol. The van der Waals surface area contributed by atoms with Gasteiger partial charge in [-0.1, -0.05) is 155 Å². The minimum Gasteiger partial charge on any atom is -0.0619 e.